The van der Waals surface area contributed by atoms with Crippen molar-refractivity contribution < 1.29 is 24.5 Å². The number of carbonyl (C=O) groups excluding carboxylic acids is 2. The van der Waals surface area contributed by atoms with Crippen molar-refractivity contribution in [3.05, 3.63) is 36.0 Å². The van der Waals surface area contributed by atoms with Gasteiger partial charge in [-0.2, -0.15) is 4.89 Å². The van der Waals surface area contributed by atoms with Gasteiger partial charge in [0.15, 0.2) is 5.78 Å². The first-order chi connectivity index (χ1) is 16.3. The summed E-state index contributed by atoms with van der Waals surface area (Å²) in [5.74, 6) is -3.19. The molecule has 5 nitrogen and oxygen atoms in total. The third kappa shape index (κ3) is 2.30. The van der Waals surface area contributed by atoms with Crippen molar-refractivity contribution >= 4 is 11.6 Å². The predicted molar refractivity (Wildman–Crippen MR) is 132 cm³/mol. The Morgan fingerprint density at radius 3 is 2.46 bits per heavy atom. The van der Waals surface area contributed by atoms with E-state index in [1.54, 1.807) is 0 Å². The first-order valence-electron chi connectivity index (χ1n) is 13.5. The van der Waals surface area contributed by atoms with Gasteiger partial charge in [0.05, 0.1) is 5.41 Å². The van der Waals surface area contributed by atoms with Gasteiger partial charge in [0.1, 0.15) is 11.0 Å². The van der Waals surface area contributed by atoms with Crippen LogP contribution in [0.1, 0.15) is 80.1 Å². The normalized spacial score (nSPS) is 49.0. The van der Waals surface area contributed by atoms with Gasteiger partial charge in [0.25, 0.3) is 5.79 Å². The van der Waals surface area contributed by atoms with Crippen LogP contribution < -0.4 is 0 Å². The molecule has 6 aliphatic carbocycles. The molecule has 0 amide bonds. The van der Waals surface area contributed by atoms with Crippen LogP contribution >= 0.6 is 0 Å². The molecule has 0 aromatic heterocycles. The first kappa shape index (κ1) is 23.8. The fraction of sp³-hybridized carbons (Fsp3) is 0.733. The second-order valence-electron chi connectivity index (χ2n) is 13.8. The van der Waals surface area contributed by atoms with E-state index in [-0.39, 0.29) is 28.8 Å². The summed E-state index contributed by atoms with van der Waals surface area (Å²) in [4.78, 5) is 41.6. The van der Waals surface area contributed by atoms with E-state index in [0.29, 0.717) is 25.2 Å². The molecule has 1 N–H and O–H groups in total. The fourth-order valence-electron chi connectivity index (χ4n) is 10.1. The van der Waals surface area contributed by atoms with Crippen LogP contribution in [0.3, 0.4) is 0 Å². The maximum Gasteiger partial charge on any atom is 0.272 e. The lowest BCUT2D eigenvalue weighted by Crippen LogP contribution is -2.89. The van der Waals surface area contributed by atoms with Crippen LogP contribution in [0.15, 0.2) is 36.0 Å². The number of Topliss-reactive ketones (excluding diaryl/α,β-unsaturated/α-hetero) is 2. The third-order valence-corrected chi connectivity index (χ3v) is 11.5. The number of ketones is 2. The Hall–Kier alpha value is -1.56. The zero-order chi connectivity index (χ0) is 25.4. The van der Waals surface area contributed by atoms with E-state index in [2.05, 4.69) is 32.6 Å². The van der Waals surface area contributed by atoms with Gasteiger partial charge in [0.2, 0.25) is 5.78 Å². The van der Waals surface area contributed by atoms with Gasteiger partial charge in [-0.25, -0.2) is 4.89 Å². The topological polar surface area (TPSA) is 72.8 Å². The maximum absolute atomic E-state index is 15.2. The van der Waals surface area contributed by atoms with Crippen molar-refractivity contribution in [2.45, 2.75) is 91.5 Å². The summed E-state index contributed by atoms with van der Waals surface area (Å²) in [5.41, 5.74) is -1.69. The van der Waals surface area contributed by atoms with Gasteiger partial charge < -0.3 is 5.11 Å². The Kier molecular flexibility index (Phi) is 4.53. The lowest BCUT2D eigenvalue weighted by Gasteiger charge is -2.76. The van der Waals surface area contributed by atoms with Crippen molar-refractivity contribution in [1.29, 1.82) is 0 Å². The van der Waals surface area contributed by atoms with Crippen LogP contribution in [0.25, 0.3) is 0 Å². The molecule has 0 aromatic carbocycles. The third-order valence-electron chi connectivity index (χ3n) is 11.5. The number of rotatable bonds is 2. The minimum Gasteiger partial charge on any atom is -0.357 e. The Morgan fingerprint density at radius 2 is 1.80 bits per heavy atom. The molecule has 1 spiro atoms. The van der Waals surface area contributed by atoms with Crippen molar-refractivity contribution in [2.75, 3.05) is 0 Å². The van der Waals surface area contributed by atoms with E-state index in [4.69, 9.17) is 9.78 Å². The van der Waals surface area contributed by atoms with Gasteiger partial charge in [0, 0.05) is 11.3 Å². The molecule has 0 radical (unpaired) electrons. The number of carbonyl (C=O) groups is 2. The van der Waals surface area contributed by atoms with Crippen molar-refractivity contribution in [3.63, 3.8) is 0 Å². The largest absolute Gasteiger partial charge is 0.357 e. The molecule has 5 fully saturated rings. The Bertz CT molecular complexity index is 1110. The van der Waals surface area contributed by atoms with E-state index in [1.165, 1.54) is 5.57 Å². The molecule has 7 aliphatic rings. The molecular weight excluding hydrogens is 440 g/mol. The smallest absolute Gasteiger partial charge is 0.272 e. The summed E-state index contributed by atoms with van der Waals surface area (Å²) >= 11 is 0. The molecule has 6 unspecified atom stereocenters. The van der Waals surface area contributed by atoms with Crippen molar-refractivity contribution in [3.8, 4) is 0 Å². The second-order valence-corrected chi connectivity index (χ2v) is 13.8. The molecular formula is C30H40O5. The van der Waals surface area contributed by atoms with Crippen molar-refractivity contribution in [2.24, 2.45) is 45.3 Å². The number of hydrogen-bond donors (Lipinski definition) is 1. The van der Waals surface area contributed by atoms with Gasteiger partial charge >= 0.3 is 0 Å². The van der Waals surface area contributed by atoms with Gasteiger partial charge in [-0.1, -0.05) is 63.6 Å². The van der Waals surface area contributed by atoms with Crippen LogP contribution in [-0.4, -0.2) is 28.1 Å². The molecule has 6 bridgehead atoms. The molecule has 5 heteroatoms. The standard InChI is InChI=1S/C30H40O5/c1-8-18-14-21-22-26(6,7)34-35-30(33)24(32)28(21)16-19-10-9-12-25(4,5)20(19)11-13-27(28,15-18)23(31)29(22,30)17(2)3/h8,10,14,17,20-22,33H,1,9,11-13,15-16H2,2-7H3/t20?,21?,22?,27?,28?,29?,30-/m0/s1. The second kappa shape index (κ2) is 6.65. The predicted octanol–water partition coefficient (Wildman–Crippen LogP) is 5.49. The van der Waals surface area contributed by atoms with E-state index in [9.17, 15) is 9.90 Å². The Labute approximate surface area is 208 Å². The van der Waals surface area contributed by atoms with Crippen LogP contribution in [-0.2, 0) is 19.4 Å². The first-order valence-corrected chi connectivity index (χ1v) is 13.5. The van der Waals surface area contributed by atoms with Crippen LogP contribution in [0.5, 0.6) is 0 Å². The van der Waals surface area contributed by atoms with Gasteiger partial charge in [-0.3, -0.25) is 9.59 Å². The van der Waals surface area contributed by atoms with E-state index >= 15 is 4.79 Å². The summed E-state index contributed by atoms with van der Waals surface area (Å²) < 4.78 is 0. The summed E-state index contributed by atoms with van der Waals surface area (Å²) in [6.07, 6.45) is 11.1. The molecule has 0 aromatic rings. The van der Waals surface area contributed by atoms with E-state index in [1.807, 2.05) is 33.8 Å². The summed E-state index contributed by atoms with van der Waals surface area (Å²) in [5, 5.41) is 12.2. The van der Waals surface area contributed by atoms with Crippen LogP contribution in [0.2, 0.25) is 0 Å². The Morgan fingerprint density at radius 1 is 1.09 bits per heavy atom. The molecule has 35 heavy (non-hydrogen) atoms. The number of fused-ring (bicyclic) bond motifs is 1. The maximum atomic E-state index is 15.2. The minimum absolute atomic E-state index is 0.0178. The number of allylic oxidation sites excluding steroid dienone is 5. The lowest BCUT2D eigenvalue weighted by atomic mass is 9.27. The van der Waals surface area contributed by atoms with Crippen molar-refractivity contribution in [1.82, 2.24) is 0 Å². The number of aliphatic hydroxyl groups is 1. The van der Waals surface area contributed by atoms with Crippen LogP contribution in [0.4, 0.5) is 0 Å². The van der Waals surface area contributed by atoms with Gasteiger partial charge in [-0.15, -0.1) is 0 Å². The zero-order valence-corrected chi connectivity index (χ0v) is 22.1. The molecule has 4 saturated carbocycles. The van der Waals surface area contributed by atoms with Crippen LogP contribution in [0, 0.1) is 45.3 Å². The van der Waals surface area contributed by atoms with E-state index in [0.717, 1.165) is 24.8 Å². The molecule has 190 valence electrons. The molecule has 7 rings (SSSR count). The molecule has 7 atom stereocenters. The fourth-order valence-corrected chi connectivity index (χ4v) is 10.1. The summed E-state index contributed by atoms with van der Waals surface area (Å²) in [6, 6.07) is 0. The summed E-state index contributed by atoms with van der Waals surface area (Å²) in [6.45, 7) is 16.5. The summed E-state index contributed by atoms with van der Waals surface area (Å²) in [7, 11) is 0. The quantitative estimate of drug-likeness (QED) is 0.418. The SMILES string of the molecule is C=CC1=CC2C3C(C)(C)OO[C@@]4(O)C(=O)C25CC2=CCCC(C)(C)C2CCC5(C1)C(=O)C34C(C)C. The van der Waals surface area contributed by atoms with E-state index < -0.39 is 33.6 Å². The average Bonchev–Trinajstić information content (AvgIpc) is 2.94. The monoisotopic (exact) mass is 480 g/mol. The Balaban J connectivity index is 1.72. The number of hydrogen-bond acceptors (Lipinski definition) is 5. The molecule has 1 saturated heterocycles. The minimum atomic E-state index is -2.28. The molecule has 1 heterocycles. The highest BCUT2D eigenvalue weighted by Crippen LogP contribution is 2.81. The zero-order valence-electron chi connectivity index (χ0n) is 22.1. The highest BCUT2D eigenvalue weighted by Gasteiger charge is 2.91. The molecule has 1 aliphatic heterocycles. The van der Waals surface area contributed by atoms with Gasteiger partial charge in [-0.05, 0) is 75.5 Å². The average molecular weight is 481 g/mol. The lowest BCUT2D eigenvalue weighted by molar-refractivity contribution is -0.529. The highest BCUT2D eigenvalue weighted by molar-refractivity contribution is 6.12. The highest BCUT2D eigenvalue weighted by atomic mass is 17.2.